The molecule has 0 saturated carbocycles. The van der Waals surface area contributed by atoms with Crippen LogP contribution in [-0.2, 0) is 15.8 Å². The molecule has 0 aliphatic rings. The summed E-state index contributed by atoms with van der Waals surface area (Å²) in [6.07, 6.45) is 1.18. The third kappa shape index (κ3) is 5.26. The maximum Gasteiger partial charge on any atom is 0.208 e. The highest BCUT2D eigenvalue weighted by molar-refractivity contribution is 7.99. The first-order chi connectivity index (χ1) is 12.4. The van der Waals surface area contributed by atoms with Crippen LogP contribution in [0.25, 0.3) is 11.0 Å². The monoisotopic (exact) mass is 407 g/mol. The Hall–Kier alpha value is -1.48. The predicted molar refractivity (Wildman–Crippen MR) is 110 cm³/mol. The van der Waals surface area contributed by atoms with E-state index in [1.165, 1.54) is 22.3 Å². The zero-order valence-electron chi connectivity index (χ0n) is 14.7. The summed E-state index contributed by atoms with van der Waals surface area (Å²) in [5.41, 5.74) is 4.53. The van der Waals surface area contributed by atoms with Gasteiger partial charge in [-0.25, -0.2) is 18.1 Å². The van der Waals surface area contributed by atoms with E-state index in [4.69, 9.17) is 0 Å². The highest BCUT2D eigenvalue weighted by Gasteiger charge is 2.08. The fraction of sp³-hybridized carbons (Fsp3) is 0.278. The van der Waals surface area contributed by atoms with Gasteiger partial charge in [0.05, 0.1) is 17.3 Å². The van der Waals surface area contributed by atoms with Crippen LogP contribution in [-0.4, -0.2) is 36.9 Å². The highest BCUT2D eigenvalue weighted by Crippen LogP contribution is 2.29. The number of H-pyrrole nitrogens is 1. The summed E-state index contributed by atoms with van der Waals surface area (Å²) in [5.74, 6) is 1.54. The molecule has 8 heteroatoms. The molecule has 26 heavy (non-hydrogen) atoms. The number of sulfonamides is 1. The number of benzene rings is 2. The summed E-state index contributed by atoms with van der Waals surface area (Å²) in [6.45, 7) is 2.54. The van der Waals surface area contributed by atoms with Gasteiger partial charge in [0.1, 0.15) is 0 Å². The van der Waals surface area contributed by atoms with Crippen LogP contribution in [0.15, 0.2) is 52.5 Å². The fourth-order valence-corrected chi connectivity index (χ4v) is 5.00. The predicted octanol–water partition coefficient (Wildman–Crippen LogP) is 3.80. The molecule has 0 saturated heterocycles. The van der Waals surface area contributed by atoms with Crippen molar-refractivity contribution in [3.8, 4) is 0 Å². The Morgan fingerprint density at radius 1 is 1.12 bits per heavy atom. The molecule has 138 valence electrons. The Bertz CT molecular complexity index is 967. The third-order valence-corrected chi connectivity index (χ3v) is 6.66. The lowest BCUT2D eigenvalue weighted by atomic mass is 10.1. The fourth-order valence-electron chi connectivity index (χ4n) is 2.50. The van der Waals surface area contributed by atoms with Gasteiger partial charge < -0.3 is 4.98 Å². The van der Waals surface area contributed by atoms with Gasteiger partial charge in [0.2, 0.25) is 10.0 Å². The minimum atomic E-state index is -3.12. The number of aromatic nitrogens is 2. The van der Waals surface area contributed by atoms with Crippen molar-refractivity contribution in [2.24, 2.45) is 0 Å². The van der Waals surface area contributed by atoms with E-state index in [2.05, 4.69) is 33.7 Å². The van der Waals surface area contributed by atoms with E-state index in [0.29, 0.717) is 12.3 Å². The van der Waals surface area contributed by atoms with Crippen LogP contribution in [0.4, 0.5) is 0 Å². The molecule has 0 aliphatic heterocycles. The molecule has 2 N–H and O–H groups in total. The Morgan fingerprint density at radius 2 is 1.92 bits per heavy atom. The van der Waals surface area contributed by atoms with Crippen molar-refractivity contribution in [1.82, 2.24) is 14.7 Å². The molecular weight excluding hydrogens is 386 g/mol. The molecule has 1 heterocycles. The lowest BCUT2D eigenvalue weighted by molar-refractivity contribution is 0.590. The standard InChI is InChI=1S/C18H21N3O2S3/c1-13-14(6-5-9-17(13)24-11-10-19-26(2,22)23)12-25-18-20-15-7-3-4-8-16(15)21-18/h3-9,19H,10-12H2,1-2H3,(H,20,21). The van der Waals surface area contributed by atoms with Crippen LogP contribution >= 0.6 is 23.5 Å². The van der Waals surface area contributed by atoms with Crippen molar-refractivity contribution in [1.29, 1.82) is 0 Å². The Kier molecular flexibility index (Phi) is 6.29. The largest absolute Gasteiger partial charge is 0.333 e. The van der Waals surface area contributed by atoms with Crippen LogP contribution in [0.5, 0.6) is 0 Å². The molecule has 0 bridgehead atoms. The minimum absolute atomic E-state index is 0.431. The number of fused-ring (bicyclic) bond motifs is 1. The number of rotatable bonds is 8. The molecule has 2 aromatic carbocycles. The van der Waals surface area contributed by atoms with Gasteiger partial charge in [0.25, 0.3) is 0 Å². The molecule has 5 nitrogen and oxygen atoms in total. The maximum absolute atomic E-state index is 11.1. The van der Waals surface area contributed by atoms with Gasteiger partial charge >= 0.3 is 0 Å². The number of imidazole rings is 1. The quantitative estimate of drug-likeness (QED) is 0.439. The van der Waals surface area contributed by atoms with Gasteiger partial charge in [-0.15, -0.1) is 11.8 Å². The van der Waals surface area contributed by atoms with E-state index < -0.39 is 10.0 Å². The van der Waals surface area contributed by atoms with E-state index in [0.717, 1.165) is 21.9 Å². The maximum atomic E-state index is 11.1. The number of nitrogens with one attached hydrogen (secondary N) is 2. The lowest BCUT2D eigenvalue weighted by Crippen LogP contribution is -2.24. The summed E-state index contributed by atoms with van der Waals surface area (Å²) in [7, 11) is -3.12. The molecule has 1 aromatic heterocycles. The summed E-state index contributed by atoms with van der Waals surface area (Å²) >= 11 is 3.35. The van der Waals surface area contributed by atoms with Crippen LogP contribution in [0, 0.1) is 6.92 Å². The molecular formula is C18H21N3O2S3. The SMILES string of the molecule is Cc1c(CSc2nc3ccccc3[nH]2)cccc1SCCNS(C)(=O)=O. The van der Waals surface area contributed by atoms with E-state index in [1.54, 1.807) is 23.5 Å². The normalized spacial score (nSPS) is 11.9. The van der Waals surface area contributed by atoms with Crippen LogP contribution in [0.1, 0.15) is 11.1 Å². The number of hydrogen-bond donors (Lipinski definition) is 2. The molecule has 3 rings (SSSR count). The van der Waals surface area contributed by atoms with Gasteiger partial charge in [-0.3, -0.25) is 0 Å². The Balaban J connectivity index is 1.61. The molecule has 0 radical (unpaired) electrons. The summed E-state index contributed by atoms with van der Waals surface area (Å²) in [5, 5.41) is 0.918. The van der Waals surface area contributed by atoms with Crippen molar-refractivity contribution in [2.45, 2.75) is 22.7 Å². The molecule has 3 aromatic rings. The summed E-state index contributed by atoms with van der Waals surface area (Å²) in [6, 6.07) is 14.3. The highest BCUT2D eigenvalue weighted by atomic mass is 32.2. The van der Waals surface area contributed by atoms with Crippen molar-refractivity contribution in [3.05, 3.63) is 53.6 Å². The van der Waals surface area contributed by atoms with Crippen molar-refractivity contribution >= 4 is 44.6 Å². The first kappa shape index (κ1) is 19.3. The average molecular weight is 408 g/mol. The number of para-hydroxylation sites is 2. The van der Waals surface area contributed by atoms with Crippen LogP contribution < -0.4 is 4.72 Å². The minimum Gasteiger partial charge on any atom is -0.333 e. The first-order valence-electron chi connectivity index (χ1n) is 8.16. The third-order valence-electron chi connectivity index (χ3n) is 3.85. The zero-order valence-corrected chi connectivity index (χ0v) is 17.1. The van der Waals surface area contributed by atoms with Gasteiger partial charge in [-0.2, -0.15) is 0 Å². The smallest absolute Gasteiger partial charge is 0.208 e. The van der Waals surface area contributed by atoms with E-state index in [1.807, 2.05) is 30.3 Å². The number of thioether (sulfide) groups is 2. The molecule has 0 fully saturated rings. The van der Waals surface area contributed by atoms with Gasteiger partial charge in [-0.1, -0.05) is 36.0 Å². The van der Waals surface area contributed by atoms with E-state index in [9.17, 15) is 8.42 Å². The molecule has 0 amide bonds. The van der Waals surface area contributed by atoms with Gasteiger partial charge in [-0.05, 0) is 36.2 Å². The second-order valence-corrected chi connectivity index (χ2v) is 9.84. The molecule has 0 spiro atoms. The molecule has 0 aliphatic carbocycles. The zero-order chi connectivity index (χ0) is 18.6. The number of aromatic amines is 1. The van der Waals surface area contributed by atoms with Gasteiger partial charge in [0.15, 0.2) is 5.16 Å². The van der Waals surface area contributed by atoms with E-state index >= 15 is 0 Å². The summed E-state index contributed by atoms with van der Waals surface area (Å²) < 4.78 is 24.8. The Labute approximate surface area is 162 Å². The van der Waals surface area contributed by atoms with Crippen molar-refractivity contribution in [2.75, 3.05) is 18.6 Å². The van der Waals surface area contributed by atoms with Crippen LogP contribution in [0.3, 0.4) is 0 Å². The lowest BCUT2D eigenvalue weighted by Gasteiger charge is -2.10. The van der Waals surface area contributed by atoms with Crippen molar-refractivity contribution in [3.63, 3.8) is 0 Å². The Morgan fingerprint density at radius 3 is 2.69 bits per heavy atom. The molecule has 0 atom stereocenters. The summed E-state index contributed by atoms with van der Waals surface area (Å²) in [4.78, 5) is 9.12. The van der Waals surface area contributed by atoms with E-state index in [-0.39, 0.29) is 0 Å². The van der Waals surface area contributed by atoms with Crippen molar-refractivity contribution < 1.29 is 8.42 Å². The number of hydrogen-bond acceptors (Lipinski definition) is 5. The number of nitrogens with zero attached hydrogens (tertiary/aromatic N) is 1. The average Bonchev–Trinajstić information content (AvgIpc) is 3.01. The topological polar surface area (TPSA) is 74.8 Å². The van der Waals surface area contributed by atoms with Crippen LogP contribution in [0.2, 0.25) is 0 Å². The first-order valence-corrected chi connectivity index (χ1v) is 12.0. The molecule has 0 unspecified atom stereocenters. The van der Waals surface area contributed by atoms with Gasteiger partial charge in [0, 0.05) is 22.9 Å². The second kappa shape index (κ2) is 8.47. The second-order valence-electron chi connectivity index (χ2n) is 5.90.